The van der Waals surface area contributed by atoms with E-state index in [2.05, 4.69) is 5.32 Å². The summed E-state index contributed by atoms with van der Waals surface area (Å²) in [6, 6.07) is -0.437. The summed E-state index contributed by atoms with van der Waals surface area (Å²) < 4.78 is 4.89. The van der Waals surface area contributed by atoms with E-state index in [-0.39, 0.29) is 12.5 Å². The smallest absolute Gasteiger partial charge is 0.236 e. The van der Waals surface area contributed by atoms with Gasteiger partial charge in [-0.3, -0.25) is 4.79 Å². The van der Waals surface area contributed by atoms with Gasteiger partial charge in [0.25, 0.3) is 0 Å². The molecule has 16 heavy (non-hydrogen) atoms. The van der Waals surface area contributed by atoms with Crippen LogP contribution in [0.25, 0.3) is 0 Å². The fourth-order valence-corrected chi connectivity index (χ4v) is 1.33. The van der Waals surface area contributed by atoms with Crippen LogP contribution in [0.15, 0.2) is 0 Å². The van der Waals surface area contributed by atoms with Crippen LogP contribution in [-0.2, 0) is 9.53 Å². The second kappa shape index (κ2) is 10.9. The van der Waals surface area contributed by atoms with Crippen LogP contribution in [0.4, 0.5) is 0 Å². The van der Waals surface area contributed by atoms with Gasteiger partial charge in [-0.05, 0) is 32.1 Å². The molecule has 0 aromatic rings. The van der Waals surface area contributed by atoms with Crippen molar-refractivity contribution < 1.29 is 14.6 Å². The van der Waals surface area contributed by atoms with E-state index in [1.807, 2.05) is 0 Å². The van der Waals surface area contributed by atoms with E-state index >= 15 is 0 Å². The van der Waals surface area contributed by atoms with Crippen molar-refractivity contribution in [1.82, 2.24) is 5.32 Å². The highest BCUT2D eigenvalue weighted by molar-refractivity contribution is 5.81. The minimum atomic E-state index is -0.437. The Morgan fingerprint density at radius 3 is 2.75 bits per heavy atom. The Bertz CT molecular complexity index is 177. The molecule has 0 saturated heterocycles. The highest BCUT2D eigenvalue weighted by Gasteiger charge is 2.11. The first-order chi connectivity index (χ1) is 7.72. The van der Waals surface area contributed by atoms with Crippen LogP contribution in [0.3, 0.4) is 0 Å². The van der Waals surface area contributed by atoms with Gasteiger partial charge in [0.05, 0.1) is 6.04 Å². The van der Waals surface area contributed by atoms with E-state index in [1.54, 1.807) is 7.11 Å². The number of rotatable bonds is 10. The highest BCUT2D eigenvalue weighted by Crippen LogP contribution is 1.96. The summed E-state index contributed by atoms with van der Waals surface area (Å²) in [6.07, 6.45) is 4.05. The van der Waals surface area contributed by atoms with Gasteiger partial charge in [0.15, 0.2) is 0 Å². The second-order valence-electron chi connectivity index (χ2n) is 3.82. The zero-order chi connectivity index (χ0) is 12.2. The average Bonchev–Trinajstić information content (AvgIpc) is 2.28. The molecule has 4 N–H and O–H groups in total. The molecule has 0 aromatic carbocycles. The molecule has 0 saturated carbocycles. The molecule has 0 radical (unpaired) electrons. The summed E-state index contributed by atoms with van der Waals surface area (Å²) in [4.78, 5) is 11.4. The lowest BCUT2D eigenvalue weighted by Crippen LogP contribution is -2.41. The Kier molecular flexibility index (Phi) is 10.4. The molecule has 5 heteroatoms. The molecule has 0 aliphatic carbocycles. The molecule has 0 aromatic heterocycles. The molecule has 0 aliphatic rings. The van der Waals surface area contributed by atoms with E-state index in [1.165, 1.54) is 0 Å². The molecule has 0 heterocycles. The lowest BCUT2D eigenvalue weighted by Gasteiger charge is -2.11. The van der Waals surface area contributed by atoms with Crippen molar-refractivity contribution in [2.45, 2.75) is 38.1 Å². The Hall–Kier alpha value is -0.650. The minimum absolute atomic E-state index is 0.0971. The van der Waals surface area contributed by atoms with E-state index < -0.39 is 6.04 Å². The lowest BCUT2D eigenvalue weighted by atomic mass is 10.1. The molecule has 1 unspecified atom stereocenters. The van der Waals surface area contributed by atoms with Gasteiger partial charge in [0.1, 0.15) is 0 Å². The number of carbonyl (C=O) groups is 1. The normalized spacial score (nSPS) is 12.4. The van der Waals surface area contributed by atoms with Crippen LogP contribution in [0, 0.1) is 0 Å². The molecule has 0 fully saturated rings. The van der Waals surface area contributed by atoms with Crippen LogP contribution in [0.5, 0.6) is 0 Å². The topological polar surface area (TPSA) is 84.6 Å². The third-order valence-electron chi connectivity index (χ3n) is 2.33. The number of methoxy groups -OCH3 is 1. The van der Waals surface area contributed by atoms with Crippen molar-refractivity contribution >= 4 is 5.91 Å². The molecule has 5 nitrogen and oxygen atoms in total. The van der Waals surface area contributed by atoms with Crippen LogP contribution >= 0.6 is 0 Å². The van der Waals surface area contributed by atoms with Crippen LogP contribution in [0.2, 0.25) is 0 Å². The first-order valence-corrected chi connectivity index (χ1v) is 5.85. The number of carbonyl (C=O) groups excluding carboxylic acids is 1. The molecular formula is C11H24N2O3. The molecule has 0 bridgehead atoms. The maximum atomic E-state index is 11.4. The Labute approximate surface area is 97.3 Å². The van der Waals surface area contributed by atoms with Gasteiger partial charge < -0.3 is 20.9 Å². The number of hydrogen-bond acceptors (Lipinski definition) is 4. The van der Waals surface area contributed by atoms with E-state index in [0.29, 0.717) is 19.6 Å². The first kappa shape index (κ1) is 15.3. The first-order valence-electron chi connectivity index (χ1n) is 5.85. The summed E-state index contributed by atoms with van der Waals surface area (Å²) in [5.74, 6) is -0.0971. The van der Waals surface area contributed by atoms with Gasteiger partial charge in [-0.25, -0.2) is 0 Å². The van der Waals surface area contributed by atoms with Crippen molar-refractivity contribution in [1.29, 1.82) is 0 Å². The molecule has 0 aliphatic heterocycles. The summed E-state index contributed by atoms with van der Waals surface area (Å²) in [6.45, 7) is 1.48. The van der Waals surface area contributed by atoms with Crippen molar-refractivity contribution in [3.05, 3.63) is 0 Å². The second-order valence-corrected chi connectivity index (χ2v) is 3.82. The molecule has 0 rings (SSSR count). The molecule has 1 amide bonds. The molecule has 1 atom stereocenters. The highest BCUT2D eigenvalue weighted by atomic mass is 16.5. The summed E-state index contributed by atoms with van der Waals surface area (Å²) >= 11 is 0. The van der Waals surface area contributed by atoms with Gasteiger partial charge in [-0.15, -0.1) is 0 Å². The maximum absolute atomic E-state index is 11.4. The number of amides is 1. The van der Waals surface area contributed by atoms with Crippen LogP contribution < -0.4 is 11.1 Å². The molecule has 96 valence electrons. The fourth-order valence-electron chi connectivity index (χ4n) is 1.33. The SMILES string of the molecule is COCCCC(N)C(=O)NCCCCCO. The number of hydrogen-bond donors (Lipinski definition) is 3. The summed E-state index contributed by atoms with van der Waals surface area (Å²) in [7, 11) is 1.63. The quantitative estimate of drug-likeness (QED) is 0.464. The van der Waals surface area contributed by atoms with Gasteiger partial charge in [0, 0.05) is 26.9 Å². The largest absolute Gasteiger partial charge is 0.396 e. The zero-order valence-electron chi connectivity index (χ0n) is 10.1. The van der Waals surface area contributed by atoms with E-state index in [9.17, 15) is 4.79 Å². The van der Waals surface area contributed by atoms with E-state index in [0.717, 1.165) is 25.7 Å². The standard InChI is InChI=1S/C11H24N2O3/c1-16-9-5-6-10(12)11(15)13-7-3-2-4-8-14/h10,14H,2-9,12H2,1H3,(H,13,15). The lowest BCUT2D eigenvalue weighted by molar-refractivity contribution is -0.122. The number of nitrogens with two attached hydrogens (primary N) is 1. The predicted molar refractivity (Wildman–Crippen MR) is 63.0 cm³/mol. The van der Waals surface area contributed by atoms with Gasteiger partial charge in [-0.1, -0.05) is 0 Å². The van der Waals surface area contributed by atoms with Crippen LogP contribution in [-0.4, -0.2) is 43.9 Å². The summed E-state index contributed by atoms with van der Waals surface area (Å²) in [5, 5.41) is 11.3. The Morgan fingerprint density at radius 1 is 1.38 bits per heavy atom. The third-order valence-corrected chi connectivity index (χ3v) is 2.33. The fraction of sp³-hybridized carbons (Fsp3) is 0.909. The van der Waals surface area contributed by atoms with Crippen molar-refractivity contribution in [2.75, 3.05) is 26.9 Å². The third kappa shape index (κ3) is 8.64. The van der Waals surface area contributed by atoms with Crippen LogP contribution in [0.1, 0.15) is 32.1 Å². The average molecular weight is 232 g/mol. The molecular weight excluding hydrogens is 208 g/mol. The number of aliphatic hydroxyl groups excluding tert-OH is 1. The zero-order valence-corrected chi connectivity index (χ0v) is 10.1. The van der Waals surface area contributed by atoms with Crippen molar-refractivity contribution in [3.8, 4) is 0 Å². The minimum Gasteiger partial charge on any atom is -0.396 e. The van der Waals surface area contributed by atoms with Gasteiger partial charge in [0.2, 0.25) is 5.91 Å². The van der Waals surface area contributed by atoms with Crippen molar-refractivity contribution in [3.63, 3.8) is 0 Å². The number of unbranched alkanes of at least 4 members (excludes halogenated alkanes) is 2. The van der Waals surface area contributed by atoms with Crippen molar-refractivity contribution in [2.24, 2.45) is 5.73 Å². The molecule has 0 spiro atoms. The van der Waals surface area contributed by atoms with Gasteiger partial charge in [-0.2, -0.15) is 0 Å². The Balaban J connectivity index is 3.40. The predicted octanol–water partition coefficient (Wildman–Crippen LogP) is 0.0191. The summed E-state index contributed by atoms with van der Waals surface area (Å²) in [5.41, 5.74) is 5.69. The number of nitrogens with one attached hydrogen (secondary N) is 1. The number of aliphatic hydroxyl groups is 1. The Morgan fingerprint density at radius 2 is 2.12 bits per heavy atom. The van der Waals surface area contributed by atoms with E-state index in [4.69, 9.17) is 15.6 Å². The maximum Gasteiger partial charge on any atom is 0.236 e. The monoisotopic (exact) mass is 232 g/mol. The van der Waals surface area contributed by atoms with Gasteiger partial charge >= 0.3 is 0 Å². The number of ether oxygens (including phenoxy) is 1.